The molecule has 0 N–H and O–H groups in total. The molecule has 0 aliphatic rings. The van der Waals surface area contributed by atoms with Crippen molar-refractivity contribution in [3.8, 4) is 33.4 Å². The average Bonchev–Trinajstić information content (AvgIpc) is 3.55. The molecule has 7 aromatic carbocycles. The van der Waals surface area contributed by atoms with Crippen LogP contribution in [0.15, 0.2) is 150 Å². The van der Waals surface area contributed by atoms with Crippen LogP contribution in [-0.2, 0) is 0 Å². The van der Waals surface area contributed by atoms with Gasteiger partial charge in [0.15, 0.2) is 0 Å². The van der Waals surface area contributed by atoms with E-state index in [0.717, 1.165) is 11.1 Å². The van der Waals surface area contributed by atoms with Gasteiger partial charge in [0.2, 0.25) is 0 Å². The Morgan fingerprint density at radius 3 is 1.72 bits per heavy atom. The second-order valence-corrected chi connectivity index (χ2v) is 9.08. The van der Waals surface area contributed by atoms with Gasteiger partial charge in [0.1, 0.15) is 11.2 Å². The first-order valence-corrected chi connectivity index (χ1v) is 12.3. The van der Waals surface area contributed by atoms with Crippen molar-refractivity contribution in [3.63, 3.8) is 0 Å². The molecule has 8 rings (SSSR count). The van der Waals surface area contributed by atoms with Crippen molar-refractivity contribution in [1.82, 2.24) is 0 Å². The van der Waals surface area contributed by atoms with Crippen LogP contribution in [0.25, 0.3) is 76.9 Å². The van der Waals surface area contributed by atoms with Crippen molar-refractivity contribution in [2.45, 2.75) is 0 Å². The molecule has 0 bridgehead atoms. The maximum absolute atomic E-state index is 9.27. The standard InChI is InChI=1S/C38H24O/c1-3-13-25(14-4-1)27-21-11-23-33-37-32(22-12-24-34(37)39-38(27)33)36-30-19-9-7-17-28(30)35(26-15-5-2-6-16-26)29-18-8-10-20-31(29)36/h1-24H/i2D,5D,6D,7D,8D,9D,10D,15D,16D,17D,18D,19D,20D. The van der Waals surface area contributed by atoms with E-state index in [-0.39, 0.29) is 32.7 Å². The van der Waals surface area contributed by atoms with E-state index in [0.29, 0.717) is 27.5 Å². The van der Waals surface area contributed by atoms with Crippen LogP contribution in [0.2, 0.25) is 0 Å². The minimum absolute atomic E-state index is 0.0542. The van der Waals surface area contributed by atoms with Gasteiger partial charge >= 0.3 is 0 Å². The van der Waals surface area contributed by atoms with Gasteiger partial charge in [0, 0.05) is 16.3 Å². The molecule has 0 atom stereocenters. The monoisotopic (exact) mass is 509 g/mol. The summed E-state index contributed by atoms with van der Waals surface area (Å²) in [6.07, 6.45) is 0. The van der Waals surface area contributed by atoms with Crippen LogP contribution >= 0.6 is 0 Å². The van der Waals surface area contributed by atoms with Crippen LogP contribution in [0.5, 0.6) is 0 Å². The van der Waals surface area contributed by atoms with E-state index in [1.807, 2.05) is 48.5 Å². The predicted molar refractivity (Wildman–Crippen MR) is 165 cm³/mol. The van der Waals surface area contributed by atoms with Gasteiger partial charge in [0.05, 0.1) is 17.8 Å². The summed E-state index contributed by atoms with van der Waals surface area (Å²) in [7, 11) is 0. The Balaban J connectivity index is 1.70. The van der Waals surface area contributed by atoms with Crippen LogP contribution in [0.1, 0.15) is 17.8 Å². The molecule has 0 saturated heterocycles. The molecule has 0 radical (unpaired) electrons. The third-order valence-electron chi connectivity index (χ3n) is 7.00. The third-order valence-corrected chi connectivity index (χ3v) is 7.00. The first kappa shape index (κ1) is 12.6. The van der Waals surface area contributed by atoms with Crippen molar-refractivity contribution in [1.29, 1.82) is 0 Å². The second-order valence-electron chi connectivity index (χ2n) is 9.08. The van der Waals surface area contributed by atoms with Gasteiger partial charge in [-0.1, -0.05) is 139 Å². The minimum Gasteiger partial charge on any atom is -0.455 e. The summed E-state index contributed by atoms with van der Waals surface area (Å²) in [4.78, 5) is 0. The number of furan rings is 1. The van der Waals surface area contributed by atoms with E-state index in [1.54, 1.807) is 18.2 Å². The lowest BCUT2D eigenvalue weighted by Gasteiger charge is -2.18. The Morgan fingerprint density at radius 1 is 0.436 bits per heavy atom. The molecule has 0 aliphatic carbocycles. The van der Waals surface area contributed by atoms with Crippen LogP contribution in [-0.4, -0.2) is 0 Å². The molecule has 1 heteroatoms. The van der Waals surface area contributed by atoms with Crippen molar-refractivity contribution in [3.05, 3.63) is 145 Å². The van der Waals surface area contributed by atoms with Crippen molar-refractivity contribution in [2.24, 2.45) is 0 Å². The summed E-state index contributed by atoms with van der Waals surface area (Å²) in [5, 5.41) is 0.356. The molecular formula is C38H24O. The van der Waals surface area contributed by atoms with Gasteiger partial charge in [-0.05, 0) is 55.4 Å². The third kappa shape index (κ3) is 3.34. The molecule has 0 fully saturated rings. The van der Waals surface area contributed by atoms with Crippen molar-refractivity contribution < 1.29 is 22.2 Å². The molecule has 0 amide bonds. The molecule has 0 saturated carbocycles. The summed E-state index contributed by atoms with van der Waals surface area (Å²) in [6.45, 7) is 0. The summed E-state index contributed by atoms with van der Waals surface area (Å²) >= 11 is 0. The first-order chi connectivity index (χ1) is 24.8. The van der Waals surface area contributed by atoms with Crippen molar-refractivity contribution >= 4 is 43.5 Å². The Bertz CT molecular complexity index is 2770. The maximum Gasteiger partial charge on any atom is 0.143 e. The lowest BCUT2D eigenvalue weighted by molar-refractivity contribution is 0.670. The highest BCUT2D eigenvalue weighted by Gasteiger charge is 2.20. The highest BCUT2D eigenvalue weighted by molar-refractivity contribution is 6.26. The molecule has 0 aliphatic heterocycles. The zero-order chi connectivity index (χ0) is 37.1. The normalized spacial score (nSPS) is 16.3. The van der Waals surface area contributed by atoms with Gasteiger partial charge < -0.3 is 4.42 Å². The molecule has 0 spiro atoms. The fourth-order valence-electron chi connectivity index (χ4n) is 5.42. The molecule has 1 heterocycles. The highest BCUT2D eigenvalue weighted by Crippen LogP contribution is 2.47. The molecule has 0 unspecified atom stereocenters. The highest BCUT2D eigenvalue weighted by atomic mass is 16.3. The van der Waals surface area contributed by atoms with Gasteiger partial charge in [-0.3, -0.25) is 0 Å². The minimum atomic E-state index is -0.716. The second kappa shape index (κ2) is 8.72. The fourth-order valence-corrected chi connectivity index (χ4v) is 5.42. The molecule has 8 aromatic rings. The zero-order valence-electron chi connectivity index (χ0n) is 33.3. The molecule has 1 nitrogen and oxygen atoms in total. The van der Waals surface area contributed by atoms with Crippen LogP contribution < -0.4 is 0 Å². The summed E-state index contributed by atoms with van der Waals surface area (Å²) < 4.78 is 121. The Hall–Kier alpha value is -5.14. The zero-order valence-corrected chi connectivity index (χ0v) is 20.3. The largest absolute Gasteiger partial charge is 0.455 e. The Morgan fingerprint density at radius 2 is 1.03 bits per heavy atom. The summed E-state index contributed by atoms with van der Waals surface area (Å²) in [5.41, 5.74) is 2.24. The quantitative estimate of drug-likeness (QED) is 0.216. The van der Waals surface area contributed by atoms with E-state index in [9.17, 15) is 5.48 Å². The Kier molecular flexibility index (Phi) is 2.82. The average molecular weight is 510 g/mol. The van der Waals surface area contributed by atoms with Crippen molar-refractivity contribution in [2.75, 3.05) is 0 Å². The maximum atomic E-state index is 9.27. The van der Waals surface area contributed by atoms with Crippen LogP contribution in [0.4, 0.5) is 0 Å². The van der Waals surface area contributed by atoms with Crippen LogP contribution in [0.3, 0.4) is 0 Å². The molecular weight excluding hydrogens is 472 g/mol. The van der Waals surface area contributed by atoms with Gasteiger partial charge in [-0.25, -0.2) is 0 Å². The number of fused-ring (bicyclic) bond motifs is 5. The number of hydrogen-bond donors (Lipinski definition) is 0. The topological polar surface area (TPSA) is 13.1 Å². The number of benzene rings is 7. The van der Waals surface area contributed by atoms with E-state index in [4.69, 9.17) is 16.8 Å². The van der Waals surface area contributed by atoms with E-state index < -0.39 is 84.1 Å². The summed E-state index contributed by atoms with van der Waals surface area (Å²) in [5.74, 6) is 0. The predicted octanol–water partition coefficient (Wildman–Crippen LogP) is 10.9. The first-order valence-electron chi connectivity index (χ1n) is 18.8. The van der Waals surface area contributed by atoms with E-state index in [2.05, 4.69) is 0 Å². The molecule has 1 aromatic heterocycles. The molecule has 182 valence electrons. The molecule has 39 heavy (non-hydrogen) atoms. The lowest BCUT2D eigenvalue weighted by atomic mass is 9.85. The van der Waals surface area contributed by atoms with E-state index >= 15 is 0 Å². The Labute approximate surface area is 244 Å². The smallest absolute Gasteiger partial charge is 0.143 e. The van der Waals surface area contributed by atoms with Gasteiger partial charge in [-0.2, -0.15) is 0 Å². The van der Waals surface area contributed by atoms with Gasteiger partial charge in [0.25, 0.3) is 0 Å². The number of para-hydroxylation sites is 1. The lowest BCUT2D eigenvalue weighted by Crippen LogP contribution is -1.91. The fraction of sp³-hybridized carbons (Fsp3) is 0. The van der Waals surface area contributed by atoms with Crippen LogP contribution in [0, 0.1) is 0 Å². The number of hydrogen-bond acceptors (Lipinski definition) is 1. The number of rotatable bonds is 3. The van der Waals surface area contributed by atoms with E-state index in [1.165, 1.54) is 0 Å². The SMILES string of the molecule is [2H]c1c([2H])c([2H])c(-c2c3c([2H])c([2H])c([2H])c([2H])c3c(-c3cccc4oc5c(-c6ccccc6)cccc5c34)c3c([2H])c([2H])c([2H])c([2H])c23)c([2H])c1[2H]. The van der Waals surface area contributed by atoms with Gasteiger partial charge in [-0.15, -0.1) is 0 Å². The summed E-state index contributed by atoms with van der Waals surface area (Å²) in [6, 6.07) is 11.9.